The van der Waals surface area contributed by atoms with E-state index in [-0.39, 0.29) is 23.5 Å². The normalized spacial score (nSPS) is 10.8. The third-order valence-corrected chi connectivity index (χ3v) is 5.34. The summed E-state index contributed by atoms with van der Waals surface area (Å²) in [6.07, 6.45) is 1.85. The number of pyridine rings is 1. The van der Waals surface area contributed by atoms with Gasteiger partial charge in [0, 0.05) is 28.7 Å². The van der Waals surface area contributed by atoms with Gasteiger partial charge in [-0.3, -0.25) is 5.10 Å². The molecule has 0 radical (unpaired) electrons. The maximum Gasteiger partial charge on any atom is 0.242 e. The van der Waals surface area contributed by atoms with Crippen molar-refractivity contribution in [2.75, 3.05) is 7.11 Å². The number of methoxy groups -OCH3 is 1. The number of fused-ring (bicyclic) bond motifs is 1. The molecule has 2 aromatic heterocycles. The maximum atomic E-state index is 15.3. The van der Waals surface area contributed by atoms with Crippen LogP contribution in [0.5, 0.6) is 17.4 Å². The molecular weight excluding hydrogens is 475 g/mol. The van der Waals surface area contributed by atoms with Crippen LogP contribution in [0.1, 0.15) is 16.8 Å². The molecule has 0 saturated heterocycles. The van der Waals surface area contributed by atoms with Gasteiger partial charge in [0.1, 0.15) is 11.8 Å². The highest BCUT2D eigenvalue weighted by atomic mass is 79.9. The minimum Gasteiger partial charge on any atom is -0.479 e. The fourth-order valence-corrected chi connectivity index (χ4v) is 3.60. The van der Waals surface area contributed by atoms with E-state index >= 15 is 4.39 Å². The summed E-state index contributed by atoms with van der Waals surface area (Å²) in [7, 11) is 1.51. The van der Waals surface area contributed by atoms with Crippen molar-refractivity contribution >= 4 is 38.4 Å². The van der Waals surface area contributed by atoms with Crippen molar-refractivity contribution in [2.45, 2.75) is 6.42 Å². The first-order chi connectivity index (χ1) is 14.5. The lowest BCUT2D eigenvalue weighted by Crippen LogP contribution is -1.99. The van der Waals surface area contributed by atoms with E-state index in [0.29, 0.717) is 32.1 Å². The highest BCUT2D eigenvalue weighted by molar-refractivity contribution is 9.10. The molecule has 0 unspecified atom stereocenters. The van der Waals surface area contributed by atoms with Crippen molar-refractivity contribution < 1.29 is 13.9 Å². The van der Waals surface area contributed by atoms with Gasteiger partial charge in [-0.2, -0.15) is 10.4 Å². The summed E-state index contributed by atoms with van der Waals surface area (Å²) in [5, 5.41) is 17.6. The molecule has 0 aliphatic rings. The zero-order valence-corrected chi connectivity index (χ0v) is 17.9. The molecule has 0 amide bonds. The fourth-order valence-electron chi connectivity index (χ4n) is 3.04. The Bertz CT molecular complexity index is 1300. The molecule has 150 valence electrons. The molecule has 2 heterocycles. The van der Waals surface area contributed by atoms with Crippen LogP contribution in [0, 0.1) is 17.1 Å². The highest BCUT2D eigenvalue weighted by Gasteiger charge is 2.19. The first-order valence-electron chi connectivity index (χ1n) is 8.72. The first-order valence-corrected chi connectivity index (χ1v) is 9.89. The first kappa shape index (κ1) is 20.1. The van der Waals surface area contributed by atoms with E-state index in [2.05, 4.69) is 31.1 Å². The zero-order chi connectivity index (χ0) is 21.3. The summed E-state index contributed by atoms with van der Waals surface area (Å²) in [6.45, 7) is 0. The maximum absolute atomic E-state index is 15.3. The number of halogens is 3. The molecule has 0 spiro atoms. The van der Waals surface area contributed by atoms with Crippen LogP contribution in [-0.2, 0) is 6.42 Å². The molecule has 0 aliphatic carbocycles. The molecule has 2 aromatic carbocycles. The Morgan fingerprint density at radius 2 is 2.10 bits per heavy atom. The van der Waals surface area contributed by atoms with Gasteiger partial charge < -0.3 is 9.47 Å². The van der Waals surface area contributed by atoms with Gasteiger partial charge in [0.05, 0.1) is 17.1 Å². The number of ether oxygens (including phenoxy) is 2. The van der Waals surface area contributed by atoms with Crippen molar-refractivity contribution in [3.8, 4) is 23.4 Å². The number of nitrogens with zero attached hydrogens (tertiary/aromatic N) is 3. The number of H-pyrrole nitrogens is 1. The van der Waals surface area contributed by atoms with Crippen LogP contribution in [0.15, 0.2) is 47.1 Å². The SMILES string of the molecule is COc1nccc2c(Cc3ccc(Br)c(Oc4ccc(Cl)cc4C#N)c3F)[nH]nc12. The molecular formula is C21H13BrClFN4O2. The highest BCUT2D eigenvalue weighted by Crippen LogP contribution is 2.37. The quantitative estimate of drug-likeness (QED) is 0.386. The fraction of sp³-hybridized carbons (Fsp3) is 0.0952. The average molecular weight is 488 g/mol. The molecule has 4 rings (SSSR count). The second-order valence-corrected chi connectivity index (χ2v) is 7.59. The van der Waals surface area contributed by atoms with E-state index in [1.807, 2.05) is 6.07 Å². The van der Waals surface area contributed by atoms with Crippen LogP contribution in [0.3, 0.4) is 0 Å². The van der Waals surface area contributed by atoms with Gasteiger partial charge in [0.2, 0.25) is 5.88 Å². The predicted octanol–water partition coefficient (Wildman–Crippen LogP) is 5.78. The molecule has 1 N–H and O–H groups in total. The minimum absolute atomic E-state index is 0.0191. The van der Waals surface area contributed by atoms with Crippen LogP contribution < -0.4 is 9.47 Å². The molecule has 9 heteroatoms. The Morgan fingerprint density at radius 3 is 2.87 bits per heavy atom. The lowest BCUT2D eigenvalue weighted by molar-refractivity contribution is 0.402. The predicted molar refractivity (Wildman–Crippen MR) is 114 cm³/mol. The topological polar surface area (TPSA) is 83.8 Å². The lowest BCUT2D eigenvalue weighted by Gasteiger charge is -2.13. The van der Waals surface area contributed by atoms with E-state index in [0.717, 1.165) is 5.39 Å². The van der Waals surface area contributed by atoms with Crippen LogP contribution in [-0.4, -0.2) is 22.3 Å². The van der Waals surface area contributed by atoms with Crippen LogP contribution >= 0.6 is 27.5 Å². The second-order valence-electron chi connectivity index (χ2n) is 6.30. The van der Waals surface area contributed by atoms with Crippen molar-refractivity contribution in [3.63, 3.8) is 0 Å². The molecule has 30 heavy (non-hydrogen) atoms. The molecule has 0 atom stereocenters. The largest absolute Gasteiger partial charge is 0.479 e. The number of benzene rings is 2. The van der Waals surface area contributed by atoms with Gasteiger partial charge in [-0.05, 0) is 51.8 Å². The number of rotatable bonds is 5. The number of hydrogen-bond acceptors (Lipinski definition) is 5. The van der Waals surface area contributed by atoms with E-state index in [9.17, 15) is 5.26 Å². The van der Waals surface area contributed by atoms with Crippen LogP contribution in [0.25, 0.3) is 10.9 Å². The third kappa shape index (κ3) is 3.70. The summed E-state index contributed by atoms with van der Waals surface area (Å²) in [6, 6.07) is 11.7. The second kappa shape index (κ2) is 8.30. The molecule has 0 aliphatic heterocycles. The van der Waals surface area contributed by atoms with Gasteiger partial charge in [0.15, 0.2) is 17.1 Å². The summed E-state index contributed by atoms with van der Waals surface area (Å²) in [5.41, 5.74) is 1.88. The van der Waals surface area contributed by atoms with E-state index in [1.165, 1.54) is 19.2 Å². The third-order valence-electron chi connectivity index (χ3n) is 4.48. The van der Waals surface area contributed by atoms with Crippen LogP contribution in [0.4, 0.5) is 4.39 Å². The Kier molecular flexibility index (Phi) is 5.57. The minimum atomic E-state index is -0.549. The number of nitrogens with one attached hydrogen (secondary N) is 1. The van der Waals surface area contributed by atoms with Gasteiger partial charge >= 0.3 is 0 Å². The van der Waals surface area contributed by atoms with E-state index in [1.54, 1.807) is 30.5 Å². The summed E-state index contributed by atoms with van der Waals surface area (Å²) in [4.78, 5) is 4.12. The molecule has 4 aromatic rings. The smallest absolute Gasteiger partial charge is 0.242 e. The van der Waals surface area contributed by atoms with Crippen molar-refractivity contribution in [3.05, 3.63) is 74.7 Å². The van der Waals surface area contributed by atoms with Crippen molar-refractivity contribution in [1.82, 2.24) is 15.2 Å². The number of aromatic amines is 1. The average Bonchev–Trinajstić information content (AvgIpc) is 3.17. The Morgan fingerprint density at radius 1 is 1.27 bits per heavy atom. The Balaban J connectivity index is 1.71. The Labute approximate surface area is 184 Å². The van der Waals surface area contributed by atoms with Crippen molar-refractivity contribution in [2.24, 2.45) is 0 Å². The monoisotopic (exact) mass is 486 g/mol. The summed E-state index contributed by atoms with van der Waals surface area (Å²) in [5.74, 6) is 0.0323. The molecule has 0 saturated carbocycles. The Hall–Kier alpha value is -3.15. The molecule has 0 fully saturated rings. The summed E-state index contributed by atoms with van der Waals surface area (Å²) < 4.78 is 26.7. The van der Waals surface area contributed by atoms with Crippen molar-refractivity contribution in [1.29, 1.82) is 5.26 Å². The summed E-state index contributed by atoms with van der Waals surface area (Å²) >= 11 is 9.24. The molecule has 0 bridgehead atoms. The number of nitriles is 1. The van der Waals surface area contributed by atoms with Gasteiger partial charge in [-0.1, -0.05) is 17.7 Å². The van der Waals surface area contributed by atoms with Gasteiger partial charge in [-0.25, -0.2) is 9.37 Å². The number of hydrogen-bond donors (Lipinski definition) is 1. The zero-order valence-electron chi connectivity index (χ0n) is 15.5. The standard InChI is InChI=1S/C21H13BrClFN4O2/c1-29-21-19-14(6-7-26-21)16(27-28-19)9-11-2-4-15(22)20(18(11)24)30-17-5-3-13(23)8-12(17)10-25/h2-8H,9H2,1H3,(H,27,28). The number of aromatic nitrogens is 3. The van der Waals surface area contributed by atoms with Gasteiger partial charge in [0.25, 0.3) is 0 Å². The van der Waals surface area contributed by atoms with Crippen LogP contribution in [0.2, 0.25) is 5.02 Å². The molecule has 6 nitrogen and oxygen atoms in total. The van der Waals surface area contributed by atoms with E-state index in [4.69, 9.17) is 21.1 Å². The lowest BCUT2D eigenvalue weighted by atomic mass is 10.1. The van der Waals surface area contributed by atoms with E-state index < -0.39 is 5.82 Å². The van der Waals surface area contributed by atoms with Gasteiger partial charge in [-0.15, -0.1) is 0 Å².